The maximum absolute atomic E-state index is 13.0. The van der Waals surface area contributed by atoms with Gasteiger partial charge >= 0.3 is 0 Å². The number of nitrogens with zero attached hydrogens (tertiary/aromatic N) is 4. The van der Waals surface area contributed by atoms with E-state index in [4.69, 9.17) is 31.1 Å². The van der Waals surface area contributed by atoms with Crippen molar-refractivity contribution >= 4 is 39.0 Å². The van der Waals surface area contributed by atoms with Crippen LogP contribution in [0.25, 0.3) is 0 Å². The molecule has 2 aromatic heterocycles. The second-order valence-electron chi connectivity index (χ2n) is 9.47. The molecule has 0 radical (unpaired) electrons. The Kier molecular flexibility index (Phi) is 9.61. The molecule has 10 heteroatoms. The van der Waals surface area contributed by atoms with Gasteiger partial charge in [-0.05, 0) is 48.2 Å². The topological polar surface area (TPSA) is 90.6 Å². The third kappa shape index (κ3) is 7.11. The third-order valence-electron chi connectivity index (χ3n) is 6.60. The van der Waals surface area contributed by atoms with Crippen molar-refractivity contribution in [2.45, 2.75) is 36.8 Å². The lowest BCUT2D eigenvalue weighted by atomic mass is 10.2. The smallest absolute Gasteiger partial charge is 0.232 e. The average molecular weight is 590 g/mol. The average Bonchev–Trinajstić information content (AvgIpc) is 3.45. The first-order chi connectivity index (χ1) is 20.0. The summed E-state index contributed by atoms with van der Waals surface area (Å²) in [5, 5.41) is 6.51. The van der Waals surface area contributed by atoms with Crippen LogP contribution in [0.1, 0.15) is 23.7 Å². The van der Waals surface area contributed by atoms with E-state index in [-0.39, 0.29) is 11.2 Å². The van der Waals surface area contributed by atoms with E-state index in [1.165, 1.54) is 0 Å². The Morgan fingerprint density at radius 1 is 1.15 bits per heavy atom. The van der Waals surface area contributed by atoms with E-state index < -0.39 is 10.5 Å². The van der Waals surface area contributed by atoms with Crippen LogP contribution in [0.2, 0.25) is 5.02 Å². The molecule has 0 bridgehead atoms. The van der Waals surface area contributed by atoms with Crippen molar-refractivity contribution in [1.29, 1.82) is 0 Å². The van der Waals surface area contributed by atoms with E-state index in [0.717, 1.165) is 21.8 Å². The van der Waals surface area contributed by atoms with Gasteiger partial charge in [-0.2, -0.15) is 0 Å². The van der Waals surface area contributed by atoms with E-state index in [1.807, 2.05) is 61.8 Å². The molecule has 1 aliphatic heterocycles. The van der Waals surface area contributed by atoms with Crippen LogP contribution in [0.3, 0.4) is 0 Å². The SMILES string of the molecule is COCCNC(=O)C(C)S1=CCc2c1n(Cc1ccccc1)cnc2=Nc1ccc(OCc2ccccn2)c(Cl)c1. The maximum Gasteiger partial charge on any atom is 0.232 e. The number of carbonyl (C=O) groups is 1. The molecule has 0 spiro atoms. The number of fused-ring (bicyclic) bond motifs is 1. The Hall–Kier alpha value is -3.79. The fourth-order valence-electron chi connectivity index (χ4n) is 4.50. The van der Waals surface area contributed by atoms with E-state index in [9.17, 15) is 4.79 Å². The van der Waals surface area contributed by atoms with Crippen LogP contribution in [-0.2, 0) is 29.1 Å². The van der Waals surface area contributed by atoms with Crippen LogP contribution in [0.4, 0.5) is 5.69 Å². The van der Waals surface area contributed by atoms with Crippen LogP contribution < -0.4 is 15.5 Å². The molecule has 3 heterocycles. The molecule has 41 heavy (non-hydrogen) atoms. The number of aromatic nitrogens is 3. The van der Waals surface area contributed by atoms with Crippen LogP contribution in [0, 0.1) is 0 Å². The standard InChI is InChI=1S/C31H32ClN5O3S/c1-22(30(38)34-15-16-39-2)41-17-13-26-29(35-21-37(31(26)41)19-23-8-4-3-5-9-23)36-24-11-12-28(27(32)18-24)40-20-25-10-6-7-14-33-25/h3-12,14,17-18,21-22H,13,15-16,19-20H2,1-2H3,(H,34,38). The highest BCUT2D eigenvalue weighted by molar-refractivity contribution is 8.16. The summed E-state index contributed by atoms with van der Waals surface area (Å²) in [7, 11) is 1.19. The monoisotopic (exact) mass is 589 g/mol. The molecule has 0 saturated heterocycles. The quantitative estimate of drug-likeness (QED) is 0.152. The van der Waals surface area contributed by atoms with Crippen LogP contribution in [0.15, 0.2) is 89.3 Å². The zero-order valence-electron chi connectivity index (χ0n) is 23.0. The number of pyridine rings is 1. The van der Waals surface area contributed by atoms with Crippen molar-refractivity contribution in [3.05, 3.63) is 107 Å². The van der Waals surface area contributed by atoms with Gasteiger partial charge in [-0.15, -0.1) is 10.5 Å². The van der Waals surface area contributed by atoms with Gasteiger partial charge in [-0.1, -0.05) is 48.0 Å². The number of hydrogen-bond donors (Lipinski definition) is 1. The van der Waals surface area contributed by atoms with Crippen molar-refractivity contribution in [3.63, 3.8) is 0 Å². The molecule has 2 unspecified atom stereocenters. The molecular weight excluding hydrogens is 558 g/mol. The Balaban J connectivity index is 1.45. The Morgan fingerprint density at radius 2 is 1.98 bits per heavy atom. The summed E-state index contributed by atoms with van der Waals surface area (Å²) in [4.78, 5) is 26.9. The number of carbonyl (C=O) groups excluding carboxylic acids is 1. The summed E-state index contributed by atoms with van der Waals surface area (Å²) in [6, 6.07) is 21.4. The third-order valence-corrected chi connectivity index (χ3v) is 9.33. The minimum absolute atomic E-state index is 0.00381. The predicted octanol–water partition coefficient (Wildman–Crippen LogP) is 4.93. The minimum atomic E-state index is -0.432. The van der Waals surface area contributed by atoms with Crippen molar-refractivity contribution in [3.8, 4) is 5.75 Å². The van der Waals surface area contributed by atoms with Gasteiger partial charge in [0, 0.05) is 38.4 Å². The Morgan fingerprint density at radius 3 is 2.73 bits per heavy atom. The highest BCUT2D eigenvalue weighted by atomic mass is 35.5. The van der Waals surface area contributed by atoms with Crippen molar-refractivity contribution < 1.29 is 14.3 Å². The van der Waals surface area contributed by atoms with Crippen molar-refractivity contribution in [2.75, 3.05) is 20.3 Å². The van der Waals surface area contributed by atoms with Gasteiger partial charge in [0.25, 0.3) is 0 Å². The molecule has 0 aliphatic carbocycles. The number of methoxy groups -OCH3 is 1. The van der Waals surface area contributed by atoms with Gasteiger partial charge in [0.05, 0.1) is 39.6 Å². The fourth-order valence-corrected chi connectivity index (χ4v) is 7.01. The van der Waals surface area contributed by atoms with Crippen molar-refractivity contribution in [1.82, 2.24) is 19.9 Å². The fraction of sp³-hybridized carbons (Fsp3) is 0.258. The first-order valence-electron chi connectivity index (χ1n) is 13.3. The van der Waals surface area contributed by atoms with Crippen LogP contribution in [-0.4, -0.2) is 51.3 Å². The van der Waals surface area contributed by atoms with E-state index in [1.54, 1.807) is 19.4 Å². The van der Waals surface area contributed by atoms with E-state index in [2.05, 4.69) is 32.4 Å². The van der Waals surface area contributed by atoms with Gasteiger partial charge in [0.15, 0.2) is 5.49 Å². The minimum Gasteiger partial charge on any atom is -0.486 e. The summed E-state index contributed by atoms with van der Waals surface area (Å²) in [5.74, 6) is 0.565. The highest BCUT2D eigenvalue weighted by Crippen LogP contribution is 2.38. The number of benzene rings is 2. The largest absolute Gasteiger partial charge is 0.486 e. The molecule has 1 amide bonds. The number of rotatable bonds is 11. The maximum atomic E-state index is 13.0. The van der Waals surface area contributed by atoms with Crippen LogP contribution in [0.5, 0.6) is 5.75 Å². The number of nitrogens with one attached hydrogen (secondary N) is 1. The number of hydrogen-bond acceptors (Lipinski definition) is 6. The molecule has 0 saturated carbocycles. The summed E-state index contributed by atoms with van der Waals surface area (Å²) >= 11 is 6.56. The second-order valence-corrected chi connectivity index (χ2v) is 12.0. The number of amides is 1. The van der Waals surface area contributed by atoms with Gasteiger partial charge < -0.3 is 19.4 Å². The summed E-state index contributed by atoms with van der Waals surface area (Å²) in [6.45, 7) is 3.90. The molecule has 8 nitrogen and oxygen atoms in total. The summed E-state index contributed by atoms with van der Waals surface area (Å²) < 4.78 is 13.1. The Bertz CT molecular complexity index is 1610. The molecule has 0 fully saturated rings. The molecule has 1 N–H and O–H groups in total. The second kappa shape index (κ2) is 13.7. The van der Waals surface area contributed by atoms with Crippen molar-refractivity contribution in [2.24, 2.45) is 4.99 Å². The lowest BCUT2D eigenvalue weighted by Crippen LogP contribution is -2.34. The number of halogens is 1. The lowest BCUT2D eigenvalue weighted by molar-refractivity contribution is -0.120. The first-order valence-corrected chi connectivity index (χ1v) is 15.1. The highest BCUT2D eigenvalue weighted by Gasteiger charge is 2.27. The molecule has 212 valence electrons. The molecule has 2 atom stereocenters. The first kappa shape index (κ1) is 28.7. The number of ether oxygens (including phenoxy) is 2. The van der Waals surface area contributed by atoms with Gasteiger partial charge in [-0.25, -0.2) is 9.98 Å². The summed E-state index contributed by atoms with van der Waals surface area (Å²) in [6.07, 6.45) is 4.23. The van der Waals surface area contributed by atoms with Crippen LogP contribution >= 0.6 is 22.1 Å². The molecule has 4 aromatic rings. The summed E-state index contributed by atoms with van der Waals surface area (Å²) in [5.41, 5.74) is 4.30. The van der Waals surface area contributed by atoms with Gasteiger partial charge in [0.1, 0.15) is 12.4 Å². The molecular formula is C31H32ClN5O3S. The zero-order chi connectivity index (χ0) is 28.6. The Labute approximate surface area is 247 Å². The predicted molar refractivity (Wildman–Crippen MR) is 163 cm³/mol. The van der Waals surface area contributed by atoms with E-state index in [0.29, 0.717) is 54.7 Å². The van der Waals surface area contributed by atoms with E-state index >= 15 is 0 Å². The van der Waals surface area contributed by atoms with Gasteiger partial charge in [-0.3, -0.25) is 9.78 Å². The lowest BCUT2D eigenvalue weighted by Gasteiger charge is -2.20. The molecule has 5 rings (SSSR count). The van der Waals surface area contributed by atoms with Gasteiger partial charge in [0.2, 0.25) is 5.91 Å². The molecule has 1 aliphatic rings. The zero-order valence-corrected chi connectivity index (χ0v) is 24.6. The normalized spacial score (nSPS) is 15.2. The molecule has 2 aromatic carbocycles.